The maximum absolute atomic E-state index is 10.8. The Hall–Kier alpha value is -1.33. The first-order chi connectivity index (χ1) is 6.63. The number of carbonyl (C=O) groups is 1. The summed E-state index contributed by atoms with van der Waals surface area (Å²) in [5, 5.41) is 8.87. The lowest BCUT2D eigenvalue weighted by Crippen LogP contribution is -2.03. The van der Waals surface area contributed by atoms with Crippen molar-refractivity contribution in [2.24, 2.45) is 12.8 Å². The third-order valence-electron chi connectivity index (χ3n) is 2.20. The molecule has 0 unspecified atom stereocenters. The standard InChI is InChI=1S/C9H10N2O2S/c1-11-6-2-5(4-10)14-8(6)3-7(11)9(12)13/h2-3H,4,10H2,1H3,(H,12,13). The van der Waals surface area contributed by atoms with Gasteiger partial charge in [0.25, 0.3) is 0 Å². The predicted molar refractivity (Wildman–Crippen MR) is 55.6 cm³/mol. The molecule has 0 bridgehead atoms. The van der Waals surface area contributed by atoms with E-state index in [0.29, 0.717) is 12.2 Å². The van der Waals surface area contributed by atoms with Crippen LogP contribution in [0.15, 0.2) is 12.1 Å². The number of aryl methyl sites for hydroxylation is 1. The third kappa shape index (κ3) is 1.21. The van der Waals surface area contributed by atoms with E-state index in [-0.39, 0.29) is 0 Å². The van der Waals surface area contributed by atoms with Crippen molar-refractivity contribution in [2.75, 3.05) is 0 Å². The molecule has 0 spiro atoms. The number of aromatic nitrogens is 1. The molecule has 74 valence electrons. The molecule has 3 N–H and O–H groups in total. The SMILES string of the molecule is Cn1c(C(=O)O)cc2sc(CN)cc21. The van der Waals surface area contributed by atoms with Gasteiger partial charge in [-0.1, -0.05) is 0 Å². The highest BCUT2D eigenvalue weighted by Crippen LogP contribution is 2.27. The molecule has 4 nitrogen and oxygen atoms in total. The van der Waals surface area contributed by atoms with E-state index >= 15 is 0 Å². The first-order valence-corrected chi connectivity index (χ1v) is 4.96. The lowest BCUT2D eigenvalue weighted by molar-refractivity contribution is 0.0687. The molecule has 0 aromatic carbocycles. The predicted octanol–water partition coefficient (Wildman–Crippen LogP) is 1.40. The highest BCUT2D eigenvalue weighted by Gasteiger charge is 2.13. The van der Waals surface area contributed by atoms with Gasteiger partial charge in [-0.05, 0) is 12.1 Å². The molecule has 0 aliphatic rings. The Balaban J connectivity index is 2.66. The van der Waals surface area contributed by atoms with Crippen molar-refractivity contribution >= 4 is 27.5 Å². The van der Waals surface area contributed by atoms with Crippen molar-refractivity contribution < 1.29 is 9.90 Å². The van der Waals surface area contributed by atoms with Gasteiger partial charge in [-0.25, -0.2) is 4.79 Å². The molecule has 0 aliphatic heterocycles. The van der Waals surface area contributed by atoms with Crippen LogP contribution in [-0.2, 0) is 13.6 Å². The Morgan fingerprint density at radius 3 is 2.86 bits per heavy atom. The number of aromatic carboxylic acids is 1. The van der Waals surface area contributed by atoms with Crippen LogP contribution in [0.1, 0.15) is 15.4 Å². The fourth-order valence-corrected chi connectivity index (χ4v) is 2.48. The molecule has 0 radical (unpaired) electrons. The molecular formula is C9H10N2O2S. The molecule has 2 aromatic heterocycles. The highest BCUT2D eigenvalue weighted by molar-refractivity contribution is 7.19. The minimum atomic E-state index is -0.898. The Kier molecular flexibility index (Phi) is 2.05. The molecule has 0 saturated heterocycles. The van der Waals surface area contributed by atoms with Gasteiger partial charge < -0.3 is 15.4 Å². The second kappa shape index (κ2) is 3.11. The Labute approximate surface area is 84.6 Å². The van der Waals surface area contributed by atoms with Gasteiger partial charge in [0.05, 0.1) is 10.2 Å². The van der Waals surface area contributed by atoms with Gasteiger partial charge in [-0.3, -0.25) is 0 Å². The van der Waals surface area contributed by atoms with Crippen LogP contribution < -0.4 is 5.73 Å². The Morgan fingerprint density at radius 2 is 2.36 bits per heavy atom. The summed E-state index contributed by atoms with van der Waals surface area (Å²) in [6.45, 7) is 0.502. The van der Waals surface area contributed by atoms with E-state index in [1.54, 1.807) is 29.0 Å². The highest BCUT2D eigenvalue weighted by atomic mass is 32.1. The average molecular weight is 210 g/mol. The van der Waals surface area contributed by atoms with Gasteiger partial charge in [0.15, 0.2) is 0 Å². The second-order valence-corrected chi connectivity index (χ2v) is 4.23. The molecule has 0 atom stereocenters. The quantitative estimate of drug-likeness (QED) is 0.787. The number of carboxylic acid groups (broad SMARTS) is 1. The summed E-state index contributed by atoms with van der Waals surface area (Å²) >= 11 is 1.54. The van der Waals surface area contributed by atoms with Gasteiger partial charge in [0, 0.05) is 18.5 Å². The largest absolute Gasteiger partial charge is 0.477 e. The van der Waals surface area contributed by atoms with Gasteiger partial charge in [0.2, 0.25) is 0 Å². The maximum Gasteiger partial charge on any atom is 0.352 e. The third-order valence-corrected chi connectivity index (χ3v) is 3.30. The number of nitrogens with zero attached hydrogens (tertiary/aromatic N) is 1. The van der Waals surface area contributed by atoms with Crippen molar-refractivity contribution in [3.63, 3.8) is 0 Å². The van der Waals surface area contributed by atoms with E-state index in [2.05, 4.69) is 0 Å². The number of rotatable bonds is 2. The Bertz CT molecular complexity index is 498. The molecule has 0 fully saturated rings. The monoisotopic (exact) mass is 210 g/mol. The number of thiophene rings is 1. The van der Waals surface area contributed by atoms with E-state index in [1.165, 1.54) is 0 Å². The van der Waals surface area contributed by atoms with Crippen molar-refractivity contribution in [2.45, 2.75) is 6.54 Å². The molecule has 5 heteroatoms. The van der Waals surface area contributed by atoms with Crippen LogP contribution in [0.3, 0.4) is 0 Å². The summed E-state index contributed by atoms with van der Waals surface area (Å²) < 4.78 is 2.65. The van der Waals surface area contributed by atoms with Crippen LogP contribution in [0.2, 0.25) is 0 Å². The van der Waals surface area contributed by atoms with Crippen molar-refractivity contribution in [3.8, 4) is 0 Å². The van der Waals surface area contributed by atoms with E-state index in [0.717, 1.165) is 15.1 Å². The molecule has 2 heterocycles. The summed E-state index contributed by atoms with van der Waals surface area (Å²) in [5.41, 5.74) is 6.76. The summed E-state index contributed by atoms with van der Waals surface area (Å²) in [6, 6.07) is 3.62. The number of carboxylic acids is 1. The topological polar surface area (TPSA) is 68.2 Å². The van der Waals surface area contributed by atoms with Gasteiger partial charge in [-0.15, -0.1) is 11.3 Å². The fourth-order valence-electron chi connectivity index (χ4n) is 1.47. The maximum atomic E-state index is 10.8. The van der Waals surface area contributed by atoms with Crippen LogP contribution in [0.25, 0.3) is 10.2 Å². The summed E-state index contributed by atoms with van der Waals surface area (Å²) in [4.78, 5) is 11.9. The second-order valence-electron chi connectivity index (χ2n) is 3.06. The normalized spacial score (nSPS) is 11.0. The van der Waals surface area contributed by atoms with Crippen molar-refractivity contribution in [3.05, 3.63) is 22.7 Å². The number of hydrogen-bond donors (Lipinski definition) is 2. The molecule has 14 heavy (non-hydrogen) atoms. The molecule has 0 saturated carbocycles. The number of hydrogen-bond acceptors (Lipinski definition) is 3. The van der Waals surface area contributed by atoms with Gasteiger partial charge in [0.1, 0.15) is 5.69 Å². The zero-order chi connectivity index (χ0) is 10.3. The zero-order valence-electron chi connectivity index (χ0n) is 7.65. The molecular weight excluding hydrogens is 200 g/mol. The first-order valence-electron chi connectivity index (χ1n) is 4.15. The minimum absolute atomic E-state index is 0.315. The lowest BCUT2D eigenvalue weighted by Gasteiger charge is -1.96. The Morgan fingerprint density at radius 1 is 1.64 bits per heavy atom. The van der Waals surface area contributed by atoms with E-state index in [9.17, 15) is 4.79 Å². The van der Waals surface area contributed by atoms with Crippen LogP contribution in [-0.4, -0.2) is 15.6 Å². The van der Waals surface area contributed by atoms with Crippen LogP contribution in [0.4, 0.5) is 0 Å². The van der Waals surface area contributed by atoms with Crippen LogP contribution in [0, 0.1) is 0 Å². The molecule has 0 amide bonds. The fraction of sp³-hybridized carbons (Fsp3) is 0.222. The minimum Gasteiger partial charge on any atom is -0.477 e. The molecule has 0 aliphatic carbocycles. The van der Waals surface area contributed by atoms with Gasteiger partial charge in [-0.2, -0.15) is 0 Å². The number of fused-ring (bicyclic) bond motifs is 1. The summed E-state index contributed by atoms with van der Waals surface area (Å²) in [7, 11) is 1.75. The van der Waals surface area contributed by atoms with Crippen molar-refractivity contribution in [1.82, 2.24) is 4.57 Å². The average Bonchev–Trinajstić information content (AvgIpc) is 2.65. The summed E-state index contributed by atoms with van der Waals surface area (Å²) in [5.74, 6) is -0.898. The van der Waals surface area contributed by atoms with E-state index in [1.807, 2.05) is 6.07 Å². The van der Waals surface area contributed by atoms with Crippen LogP contribution >= 0.6 is 11.3 Å². The summed E-state index contributed by atoms with van der Waals surface area (Å²) in [6.07, 6.45) is 0. The lowest BCUT2D eigenvalue weighted by atomic mass is 10.4. The smallest absolute Gasteiger partial charge is 0.352 e. The van der Waals surface area contributed by atoms with Crippen molar-refractivity contribution in [1.29, 1.82) is 0 Å². The molecule has 2 aromatic rings. The first kappa shape index (κ1) is 9.23. The van der Waals surface area contributed by atoms with Gasteiger partial charge >= 0.3 is 5.97 Å². The van der Waals surface area contributed by atoms with Crippen LogP contribution in [0.5, 0.6) is 0 Å². The zero-order valence-corrected chi connectivity index (χ0v) is 8.47. The molecule has 2 rings (SSSR count). The van der Waals surface area contributed by atoms with E-state index in [4.69, 9.17) is 10.8 Å². The van der Waals surface area contributed by atoms with E-state index < -0.39 is 5.97 Å². The number of nitrogens with two attached hydrogens (primary N) is 1.